The molecule has 0 saturated heterocycles. The summed E-state index contributed by atoms with van der Waals surface area (Å²) in [4.78, 5) is 43.7. The first-order chi connectivity index (χ1) is 15.9. The van der Waals surface area contributed by atoms with Gasteiger partial charge in [-0.2, -0.15) is 0 Å². The van der Waals surface area contributed by atoms with Gasteiger partial charge in [0, 0.05) is 18.4 Å². The van der Waals surface area contributed by atoms with E-state index in [0.717, 1.165) is 0 Å². The van der Waals surface area contributed by atoms with Crippen molar-refractivity contribution < 1.29 is 19.1 Å². The summed E-state index contributed by atoms with van der Waals surface area (Å²) in [5, 5.41) is 0. The summed E-state index contributed by atoms with van der Waals surface area (Å²) in [6, 6.07) is 21.5. The molecule has 0 radical (unpaired) electrons. The van der Waals surface area contributed by atoms with Crippen LogP contribution >= 0.6 is 0 Å². The summed E-state index contributed by atoms with van der Waals surface area (Å²) in [6.45, 7) is -0.276. The van der Waals surface area contributed by atoms with Crippen LogP contribution in [0.4, 0.5) is 22.7 Å². The number of ether oxygens (including phenoxy) is 1. The molecule has 0 aliphatic carbocycles. The van der Waals surface area contributed by atoms with Crippen molar-refractivity contribution in [1.29, 1.82) is 0 Å². The minimum absolute atomic E-state index is 0.276. The van der Waals surface area contributed by atoms with E-state index in [0.29, 0.717) is 28.5 Å². The molecular formula is C25H24N4O4. The van der Waals surface area contributed by atoms with Gasteiger partial charge >= 0.3 is 0 Å². The maximum Gasteiger partial charge on any atom is 0.258 e. The molecule has 8 heteroatoms. The maximum absolute atomic E-state index is 13.2. The number of benzene rings is 3. The quantitative estimate of drug-likeness (QED) is 0.611. The van der Waals surface area contributed by atoms with Gasteiger partial charge in [-0.15, -0.1) is 0 Å². The molecule has 3 amide bonds. The van der Waals surface area contributed by atoms with Gasteiger partial charge in [0.2, 0.25) is 5.91 Å². The minimum Gasteiger partial charge on any atom is -0.497 e. The molecule has 3 aromatic carbocycles. The number of nitrogens with two attached hydrogens (primary N) is 1. The molecule has 0 unspecified atom stereocenters. The molecule has 33 heavy (non-hydrogen) atoms. The van der Waals surface area contributed by atoms with E-state index in [1.807, 2.05) is 6.07 Å². The predicted octanol–water partition coefficient (Wildman–Crippen LogP) is 2.70. The van der Waals surface area contributed by atoms with E-state index in [-0.39, 0.29) is 12.5 Å². The van der Waals surface area contributed by atoms with Crippen LogP contribution in [0.25, 0.3) is 0 Å². The van der Waals surface area contributed by atoms with Crippen molar-refractivity contribution in [2.24, 2.45) is 5.73 Å². The van der Waals surface area contributed by atoms with Crippen LogP contribution in [0.2, 0.25) is 0 Å². The van der Waals surface area contributed by atoms with E-state index in [2.05, 4.69) is 0 Å². The minimum atomic E-state index is -1.45. The zero-order valence-corrected chi connectivity index (χ0v) is 18.3. The average Bonchev–Trinajstić information content (AvgIpc) is 2.93. The van der Waals surface area contributed by atoms with Crippen LogP contribution in [0.1, 0.15) is 0 Å². The van der Waals surface area contributed by atoms with E-state index >= 15 is 0 Å². The zero-order valence-electron chi connectivity index (χ0n) is 18.3. The number of fused-ring (bicyclic) bond motifs is 1. The van der Waals surface area contributed by atoms with Crippen molar-refractivity contribution in [1.82, 2.24) is 0 Å². The summed E-state index contributed by atoms with van der Waals surface area (Å²) in [5.41, 5.74) is 8.24. The van der Waals surface area contributed by atoms with Crippen molar-refractivity contribution in [2.45, 2.75) is 6.04 Å². The molecule has 8 nitrogen and oxygen atoms in total. The molecule has 1 aliphatic rings. The number of amides is 3. The number of carbonyl (C=O) groups excluding carboxylic acids is 3. The Hall–Kier alpha value is -4.17. The summed E-state index contributed by atoms with van der Waals surface area (Å²) < 4.78 is 5.16. The van der Waals surface area contributed by atoms with Crippen molar-refractivity contribution in [3.8, 4) is 5.75 Å². The van der Waals surface area contributed by atoms with E-state index in [1.54, 1.807) is 87.0 Å². The zero-order chi connectivity index (χ0) is 23.5. The fraction of sp³-hybridized carbons (Fsp3) is 0.160. The van der Waals surface area contributed by atoms with E-state index in [1.165, 1.54) is 14.7 Å². The first-order valence-corrected chi connectivity index (χ1v) is 10.4. The lowest BCUT2D eigenvalue weighted by molar-refractivity contribution is -0.129. The van der Waals surface area contributed by atoms with Gasteiger partial charge in [0.05, 0.1) is 18.5 Å². The second-order valence-electron chi connectivity index (χ2n) is 7.55. The van der Waals surface area contributed by atoms with Crippen molar-refractivity contribution in [3.63, 3.8) is 0 Å². The van der Waals surface area contributed by atoms with Crippen LogP contribution in [0, 0.1) is 0 Å². The highest BCUT2D eigenvalue weighted by Crippen LogP contribution is 2.37. The van der Waals surface area contributed by atoms with E-state index in [4.69, 9.17) is 10.5 Å². The Morgan fingerprint density at radius 2 is 1.52 bits per heavy atom. The van der Waals surface area contributed by atoms with Gasteiger partial charge in [-0.25, -0.2) is 0 Å². The molecule has 0 aromatic heterocycles. The average molecular weight is 444 g/mol. The fourth-order valence-corrected chi connectivity index (χ4v) is 3.73. The highest BCUT2D eigenvalue weighted by molar-refractivity contribution is 6.23. The van der Waals surface area contributed by atoms with Crippen molar-refractivity contribution in [2.75, 3.05) is 35.4 Å². The maximum atomic E-state index is 13.2. The molecule has 2 N–H and O–H groups in total. The van der Waals surface area contributed by atoms with Crippen LogP contribution in [-0.2, 0) is 14.4 Å². The second-order valence-corrected chi connectivity index (χ2v) is 7.55. The topological polar surface area (TPSA) is 96.2 Å². The SMILES string of the molecule is COc1ccc(N(C)C(=O)CN2C(=O)[C@@H](N)C(=O)N(c3ccccc3)c3ccccc32)cc1. The monoisotopic (exact) mass is 444 g/mol. The molecule has 1 heterocycles. The molecule has 3 aromatic rings. The number of likely N-dealkylation sites (N-methyl/N-ethyl adjacent to an activating group) is 1. The van der Waals surface area contributed by atoms with Crippen molar-refractivity contribution in [3.05, 3.63) is 78.9 Å². The van der Waals surface area contributed by atoms with Crippen LogP contribution in [-0.4, -0.2) is 44.5 Å². The van der Waals surface area contributed by atoms with Crippen LogP contribution < -0.4 is 25.2 Å². The Kier molecular flexibility index (Phi) is 6.10. The van der Waals surface area contributed by atoms with Gasteiger partial charge in [-0.05, 0) is 48.5 Å². The first kappa shape index (κ1) is 22.0. The normalized spacial score (nSPS) is 15.7. The Bertz CT molecular complexity index is 1180. The van der Waals surface area contributed by atoms with Crippen LogP contribution in [0.15, 0.2) is 78.9 Å². The van der Waals surface area contributed by atoms with Crippen molar-refractivity contribution >= 4 is 40.5 Å². The van der Waals surface area contributed by atoms with E-state index in [9.17, 15) is 14.4 Å². The summed E-state index contributed by atoms with van der Waals surface area (Å²) in [6.07, 6.45) is 0. The molecule has 0 spiro atoms. The highest BCUT2D eigenvalue weighted by atomic mass is 16.5. The smallest absolute Gasteiger partial charge is 0.258 e. The largest absolute Gasteiger partial charge is 0.497 e. The Balaban J connectivity index is 1.70. The third kappa shape index (κ3) is 4.16. The number of para-hydroxylation sites is 3. The molecular weight excluding hydrogens is 420 g/mol. The van der Waals surface area contributed by atoms with Gasteiger partial charge in [0.25, 0.3) is 11.8 Å². The van der Waals surface area contributed by atoms with Gasteiger partial charge in [-0.1, -0.05) is 30.3 Å². The van der Waals surface area contributed by atoms with Gasteiger partial charge < -0.3 is 15.4 Å². The van der Waals surface area contributed by atoms with Gasteiger partial charge in [0.15, 0.2) is 6.04 Å². The standard InChI is InChI=1S/C25H24N4O4/c1-27(17-12-14-19(33-2)15-13-17)22(30)16-28-20-10-6-7-11-21(20)29(18-8-4-3-5-9-18)25(32)23(26)24(28)31/h3-15,23H,16,26H2,1-2H3/t23-/m1/s1. The van der Waals surface area contributed by atoms with Gasteiger partial charge in [0.1, 0.15) is 12.3 Å². The second kappa shape index (κ2) is 9.13. The number of carbonyl (C=O) groups is 3. The number of methoxy groups -OCH3 is 1. The molecule has 168 valence electrons. The molecule has 1 aliphatic heterocycles. The predicted molar refractivity (Wildman–Crippen MR) is 127 cm³/mol. The van der Waals surface area contributed by atoms with Crippen LogP contribution in [0.5, 0.6) is 5.75 Å². The third-order valence-corrected chi connectivity index (χ3v) is 5.57. The lowest BCUT2D eigenvalue weighted by Gasteiger charge is -2.27. The molecule has 0 saturated carbocycles. The number of hydrogen-bond donors (Lipinski definition) is 1. The fourth-order valence-electron chi connectivity index (χ4n) is 3.73. The Labute approximate surface area is 191 Å². The molecule has 0 bridgehead atoms. The summed E-state index contributed by atoms with van der Waals surface area (Å²) in [5.74, 6) is -0.864. The third-order valence-electron chi connectivity index (χ3n) is 5.57. The number of anilines is 4. The number of hydrogen-bond acceptors (Lipinski definition) is 5. The number of rotatable bonds is 5. The lowest BCUT2D eigenvalue weighted by atomic mass is 10.2. The first-order valence-electron chi connectivity index (χ1n) is 10.4. The van der Waals surface area contributed by atoms with Crippen LogP contribution in [0.3, 0.4) is 0 Å². The summed E-state index contributed by atoms with van der Waals surface area (Å²) >= 11 is 0. The number of nitrogens with zero attached hydrogens (tertiary/aromatic N) is 3. The summed E-state index contributed by atoms with van der Waals surface area (Å²) in [7, 11) is 3.19. The highest BCUT2D eigenvalue weighted by Gasteiger charge is 2.39. The molecule has 1 atom stereocenters. The molecule has 0 fully saturated rings. The molecule has 4 rings (SSSR count). The van der Waals surface area contributed by atoms with E-state index < -0.39 is 17.9 Å². The Morgan fingerprint density at radius 1 is 0.909 bits per heavy atom. The lowest BCUT2D eigenvalue weighted by Crippen LogP contribution is -2.52. The van der Waals surface area contributed by atoms with Gasteiger partial charge in [-0.3, -0.25) is 24.2 Å². The Morgan fingerprint density at radius 3 is 2.15 bits per heavy atom.